The van der Waals surface area contributed by atoms with Gasteiger partial charge in [0.15, 0.2) is 0 Å². The van der Waals surface area contributed by atoms with Crippen LogP contribution in [0.2, 0.25) is 0 Å². The van der Waals surface area contributed by atoms with E-state index in [0.29, 0.717) is 12.1 Å². The van der Waals surface area contributed by atoms with Crippen molar-refractivity contribution >= 4 is 27.5 Å². The average molecular weight is 319 g/mol. The summed E-state index contributed by atoms with van der Waals surface area (Å²) in [5.74, 6) is -0.121. The molecule has 0 aliphatic carbocycles. The molecular formula is C15H15BrN2O. The molecule has 0 heterocycles. The summed E-state index contributed by atoms with van der Waals surface area (Å²) in [4.78, 5) is 12.1. The van der Waals surface area contributed by atoms with Gasteiger partial charge in [-0.05, 0) is 42.3 Å². The Morgan fingerprint density at radius 1 is 1.21 bits per heavy atom. The van der Waals surface area contributed by atoms with E-state index in [-0.39, 0.29) is 5.91 Å². The minimum Gasteiger partial charge on any atom is -0.326 e. The molecule has 2 aromatic carbocycles. The molecule has 0 fully saturated rings. The maximum atomic E-state index is 12.1. The molecule has 2 aromatic rings. The molecule has 0 saturated carbocycles. The Labute approximate surface area is 121 Å². The second kappa shape index (κ2) is 5.99. The molecule has 3 N–H and O–H groups in total. The number of amides is 1. The minimum atomic E-state index is -0.121. The molecule has 19 heavy (non-hydrogen) atoms. The van der Waals surface area contributed by atoms with E-state index in [1.165, 1.54) is 0 Å². The zero-order valence-electron chi connectivity index (χ0n) is 10.6. The van der Waals surface area contributed by atoms with Crippen LogP contribution in [0.1, 0.15) is 21.5 Å². The van der Waals surface area contributed by atoms with Gasteiger partial charge >= 0.3 is 0 Å². The van der Waals surface area contributed by atoms with Crippen molar-refractivity contribution in [2.45, 2.75) is 13.5 Å². The molecule has 0 aliphatic rings. The third kappa shape index (κ3) is 3.22. The number of benzene rings is 2. The van der Waals surface area contributed by atoms with Crippen molar-refractivity contribution in [1.82, 2.24) is 0 Å². The maximum absolute atomic E-state index is 12.1. The molecule has 0 radical (unpaired) electrons. The van der Waals surface area contributed by atoms with Crippen molar-refractivity contribution in [3.05, 3.63) is 63.6 Å². The normalized spacial score (nSPS) is 10.3. The Bertz CT molecular complexity index is 594. The van der Waals surface area contributed by atoms with Crippen molar-refractivity contribution in [2.75, 3.05) is 5.32 Å². The number of nitrogens with one attached hydrogen (secondary N) is 1. The van der Waals surface area contributed by atoms with E-state index in [1.54, 1.807) is 12.1 Å². The topological polar surface area (TPSA) is 55.1 Å². The monoisotopic (exact) mass is 318 g/mol. The highest BCUT2D eigenvalue weighted by Gasteiger charge is 2.08. The van der Waals surface area contributed by atoms with Crippen LogP contribution in [0.5, 0.6) is 0 Å². The van der Waals surface area contributed by atoms with E-state index in [4.69, 9.17) is 5.73 Å². The van der Waals surface area contributed by atoms with E-state index in [0.717, 1.165) is 21.3 Å². The number of rotatable bonds is 3. The molecule has 2 rings (SSSR count). The smallest absolute Gasteiger partial charge is 0.255 e. The third-order valence-electron chi connectivity index (χ3n) is 2.97. The van der Waals surface area contributed by atoms with E-state index < -0.39 is 0 Å². The van der Waals surface area contributed by atoms with Gasteiger partial charge in [-0.1, -0.05) is 34.1 Å². The SMILES string of the molecule is Cc1c(Br)cccc1NC(=O)c1ccc(CN)cc1. The first-order chi connectivity index (χ1) is 9.11. The van der Waals surface area contributed by atoms with E-state index in [1.807, 2.05) is 37.3 Å². The van der Waals surface area contributed by atoms with Crippen LogP contribution < -0.4 is 11.1 Å². The molecule has 0 spiro atoms. The van der Waals surface area contributed by atoms with E-state index >= 15 is 0 Å². The maximum Gasteiger partial charge on any atom is 0.255 e. The number of carbonyl (C=O) groups is 1. The van der Waals surface area contributed by atoms with Crippen LogP contribution in [-0.4, -0.2) is 5.91 Å². The fraction of sp³-hybridized carbons (Fsp3) is 0.133. The Morgan fingerprint density at radius 2 is 1.89 bits per heavy atom. The summed E-state index contributed by atoms with van der Waals surface area (Å²) in [6.07, 6.45) is 0. The van der Waals surface area contributed by atoms with Gasteiger partial charge in [-0.25, -0.2) is 0 Å². The van der Waals surface area contributed by atoms with Gasteiger partial charge in [0.05, 0.1) is 0 Å². The fourth-order valence-electron chi connectivity index (χ4n) is 1.73. The Morgan fingerprint density at radius 3 is 2.53 bits per heavy atom. The summed E-state index contributed by atoms with van der Waals surface area (Å²) in [5.41, 5.74) is 8.98. The highest BCUT2D eigenvalue weighted by Crippen LogP contribution is 2.23. The number of nitrogens with two attached hydrogens (primary N) is 1. The van der Waals surface area contributed by atoms with Crippen molar-refractivity contribution < 1.29 is 4.79 Å². The van der Waals surface area contributed by atoms with Crippen molar-refractivity contribution in [3.8, 4) is 0 Å². The number of hydrogen-bond acceptors (Lipinski definition) is 2. The van der Waals surface area contributed by atoms with Crippen LogP contribution in [0, 0.1) is 6.92 Å². The molecule has 1 amide bonds. The summed E-state index contributed by atoms with van der Waals surface area (Å²) in [7, 11) is 0. The first-order valence-corrected chi connectivity index (χ1v) is 6.76. The molecule has 0 unspecified atom stereocenters. The second-order valence-electron chi connectivity index (χ2n) is 4.27. The zero-order valence-corrected chi connectivity index (χ0v) is 12.2. The van der Waals surface area contributed by atoms with Gasteiger partial charge in [0.2, 0.25) is 0 Å². The summed E-state index contributed by atoms with van der Waals surface area (Å²) < 4.78 is 0.976. The second-order valence-corrected chi connectivity index (χ2v) is 5.12. The van der Waals surface area contributed by atoms with Crippen LogP contribution in [-0.2, 0) is 6.54 Å². The van der Waals surface area contributed by atoms with Crippen LogP contribution in [0.4, 0.5) is 5.69 Å². The van der Waals surface area contributed by atoms with Crippen molar-refractivity contribution in [2.24, 2.45) is 5.73 Å². The average Bonchev–Trinajstić information content (AvgIpc) is 2.44. The summed E-state index contributed by atoms with van der Waals surface area (Å²) in [6, 6.07) is 13.0. The number of carbonyl (C=O) groups excluding carboxylic acids is 1. The van der Waals surface area contributed by atoms with Crippen LogP contribution >= 0.6 is 15.9 Å². The van der Waals surface area contributed by atoms with E-state index in [9.17, 15) is 4.79 Å². The lowest BCUT2D eigenvalue weighted by Gasteiger charge is -2.10. The number of anilines is 1. The summed E-state index contributed by atoms with van der Waals surface area (Å²) in [6.45, 7) is 2.43. The number of hydrogen-bond donors (Lipinski definition) is 2. The predicted molar refractivity (Wildman–Crippen MR) is 81.2 cm³/mol. The fourth-order valence-corrected chi connectivity index (χ4v) is 2.10. The molecule has 98 valence electrons. The molecule has 3 nitrogen and oxygen atoms in total. The molecule has 0 bridgehead atoms. The van der Waals surface area contributed by atoms with Gasteiger partial charge in [0, 0.05) is 22.3 Å². The Kier molecular flexibility index (Phi) is 4.35. The summed E-state index contributed by atoms with van der Waals surface area (Å²) in [5, 5.41) is 2.90. The first kappa shape index (κ1) is 13.8. The van der Waals surface area contributed by atoms with Crippen molar-refractivity contribution in [3.63, 3.8) is 0 Å². The van der Waals surface area contributed by atoms with Gasteiger partial charge < -0.3 is 11.1 Å². The Hall–Kier alpha value is -1.65. The largest absolute Gasteiger partial charge is 0.326 e. The van der Waals surface area contributed by atoms with Crippen LogP contribution in [0.3, 0.4) is 0 Å². The standard InChI is InChI=1S/C15H15BrN2O/c1-10-13(16)3-2-4-14(10)18-15(19)12-7-5-11(9-17)6-8-12/h2-8H,9,17H2,1H3,(H,18,19). The van der Waals surface area contributed by atoms with Crippen molar-refractivity contribution in [1.29, 1.82) is 0 Å². The van der Waals surface area contributed by atoms with Gasteiger partial charge in [-0.3, -0.25) is 4.79 Å². The van der Waals surface area contributed by atoms with Gasteiger partial charge in [-0.2, -0.15) is 0 Å². The van der Waals surface area contributed by atoms with Gasteiger partial charge in [0.25, 0.3) is 5.91 Å². The molecular weight excluding hydrogens is 304 g/mol. The quantitative estimate of drug-likeness (QED) is 0.910. The highest BCUT2D eigenvalue weighted by atomic mass is 79.9. The lowest BCUT2D eigenvalue weighted by molar-refractivity contribution is 0.102. The minimum absolute atomic E-state index is 0.121. The Balaban J connectivity index is 2.18. The van der Waals surface area contributed by atoms with Crippen LogP contribution in [0.15, 0.2) is 46.9 Å². The molecule has 0 aromatic heterocycles. The zero-order chi connectivity index (χ0) is 13.8. The lowest BCUT2D eigenvalue weighted by Crippen LogP contribution is -2.13. The lowest BCUT2D eigenvalue weighted by atomic mass is 10.1. The van der Waals surface area contributed by atoms with E-state index in [2.05, 4.69) is 21.2 Å². The third-order valence-corrected chi connectivity index (χ3v) is 3.83. The van der Waals surface area contributed by atoms with Gasteiger partial charge in [-0.15, -0.1) is 0 Å². The van der Waals surface area contributed by atoms with Gasteiger partial charge in [0.1, 0.15) is 0 Å². The molecule has 0 atom stereocenters. The first-order valence-electron chi connectivity index (χ1n) is 5.97. The molecule has 0 aliphatic heterocycles. The predicted octanol–water partition coefficient (Wildman–Crippen LogP) is 3.47. The molecule has 4 heteroatoms. The molecule has 0 saturated heterocycles. The summed E-state index contributed by atoms with van der Waals surface area (Å²) >= 11 is 3.45. The number of halogens is 1. The highest BCUT2D eigenvalue weighted by molar-refractivity contribution is 9.10. The van der Waals surface area contributed by atoms with Crippen LogP contribution in [0.25, 0.3) is 0 Å².